The molecule has 0 radical (unpaired) electrons. The molecule has 0 saturated heterocycles. The summed E-state index contributed by atoms with van der Waals surface area (Å²) in [7, 11) is 0. The van der Waals surface area contributed by atoms with Crippen LogP contribution < -0.4 is 16.8 Å². The van der Waals surface area contributed by atoms with Gasteiger partial charge in [0, 0.05) is 0 Å². The lowest BCUT2D eigenvalue weighted by Crippen LogP contribution is -2.41. The van der Waals surface area contributed by atoms with Crippen LogP contribution in [-0.2, 0) is 4.79 Å². The molecule has 0 aliphatic carbocycles. The smallest absolute Gasteiger partial charge is 0.234 e. The van der Waals surface area contributed by atoms with Gasteiger partial charge in [0.25, 0.3) is 0 Å². The SMILES string of the molecule is CCN[C@@H](CCCN)C(N)=O. The fraction of sp³-hybridized carbons (Fsp3) is 0.857. The third kappa shape index (κ3) is 4.75. The fourth-order valence-electron chi connectivity index (χ4n) is 0.913. The molecule has 0 aromatic rings. The zero-order valence-corrected chi connectivity index (χ0v) is 6.97. The van der Waals surface area contributed by atoms with Gasteiger partial charge in [-0.1, -0.05) is 6.92 Å². The van der Waals surface area contributed by atoms with E-state index < -0.39 is 0 Å². The summed E-state index contributed by atoms with van der Waals surface area (Å²) in [4.78, 5) is 10.7. The van der Waals surface area contributed by atoms with Gasteiger partial charge < -0.3 is 16.8 Å². The first kappa shape index (κ1) is 10.4. The van der Waals surface area contributed by atoms with E-state index in [-0.39, 0.29) is 11.9 Å². The molecule has 0 aromatic heterocycles. The highest BCUT2D eigenvalue weighted by atomic mass is 16.1. The molecule has 0 rings (SSSR count). The maximum absolute atomic E-state index is 10.7. The minimum Gasteiger partial charge on any atom is -0.368 e. The van der Waals surface area contributed by atoms with Crippen LogP contribution in [0.5, 0.6) is 0 Å². The van der Waals surface area contributed by atoms with Crippen LogP contribution in [0.25, 0.3) is 0 Å². The number of likely N-dealkylation sites (N-methyl/N-ethyl adjacent to an activating group) is 1. The van der Waals surface area contributed by atoms with E-state index in [0.29, 0.717) is 6.54 Å². The van der Waals surface area contributed by atoms with Crippen molar-refractivity contribution in [3.8, 4) is 0 Å². The minimum atomic E-state index is -0.291. The molecule has 0 heterocycles. The Kier molecular flexibility index (Phi) is 5.78. The summed E-state index contributed by atoms with van der Waals surface area (Å²) in [6.07, 6.45) is 1.57. The van der Waals surface area contributed by atoms with Gasteiger partial charge >= 0.3 is 0 Å². The molecule has 0 saturated carbocycles. The Labute approximate surface area is 67.3 Å². The van der Waals surface area contributed by atoms with Crippen LogP contribution in [0.4, 0.5) is 0 Å². The molecule has 4 nitrogen and oxygen atoms in total. The second kappa shape index (κ2) is 6.12. The molecule has 0 aliphatic heterocycles. The standard InChI is InChI=1S/C7H17N3O/c1-2-10-6(7(9)11)4-3-5-8/h6,10H,2-5,8H2,1H3,(H2,9,11)/t6-/m0/s1. The van der Waals surface area contributed by atoms with Crippen LogP contribution in [0, 0.1) is 0 Å². The first-order chi connectivity index (χ1) is 5.22. The van der Waals surface area contributed by atoms with Gasteiger partial charge in [0.05, 0.1) is 6.04 Å². The van der Waals surface area contributed by atoms with E-state index in [4.69, 9.17) is 11.5 Å². The second-order valence-electron chi connectivity index (χ2n) is 2.44. The highest BCUT2D eigenvalue weighted by molar-refractivity contribution is 5.79. The first-order valence-electron chi connectivity index (χ1n) is 3.95. The predicted octanol–water partition coefficient (Wildman–Crippen LogP) is -0.811. The van der Waals surface area contributed by atoms with E-state index in [1.54, 1.807) is 0 Å². The summed E-state index contributed by atoms with van der Waals surface area (Å²) in [5, 5.41) is 2.99. The summed E-state index contributed by atoms with van der Waals surface area (Å²) in [5.74, 6) is -0.291. The molecule has 1 atom stereocenters. The average Bonchev–Trinajstić information content (AvgIpc) is 1.97. The molecule has 0 aromatic carbocycles. The second-order valence-corrected chi connectivity index (χ2v) is 2.44. The molecular weight excluding hydrogens is 142 g/mol. The van der Waals surface area contributed by atoms with Crippen molar-refractivity contribution in [2.45, 2.75) is 25.8 Å². The Morgan fingerprint density at radius 1 is 1.64 bits per heavy atom. The van der Waals surface area contributed by atoms with Crippen LogP contribution in [0.15, 0.2) is 0 Å². The highest BCUT2D eigenvalue weighted by Crippen LogP contribution is 1.94. The molecule has 66 valence electrons. The van der Waals surface area contributed by atoms with Crippen molar-refractivity contribution in [3.05, 3.63) is 0 Å². The normalized spacial score (nSPS) is 12.9. The predicted molar refractivity (Wildman–Crippen MR) is 44.9 cm³/mol. The van der Waals surface area contributed by atoms with Gasteiger partial charge in [-0.15, -0.1) is 0 Å². The number of rotatable bonds is 6. The Morgan fingerprint density at radius 3 is 2.64 bits per heavy atom. The van der Waals surface area contributed by atoms with Crippen molar-refractivity contribution in [1.29, 1.82) is 0 Å². The van der Waals surface area contributed by atoms with E-state index in [0.717, 1.165) is 19.4 Å². The largest absolute Gasteiger partial charge is 0.368 e. The van der Waals surface area contributed by atoms with E-state index >= 15 is 0 Å². The van der Waals surface area contributed by atoms with Crippen LogP contribution in [0.3, 0.4) is 0 Å². The third-order valence-corrected chi connectivity index (χ3v) is 1.49. The lowest BCUT2D eigenvalue weighted by atomic mass is 10.1. The van der Waals surface area contributed by atoms with Crippen molar-refractivity contribution in [2.24, 2.45) is 11.5 Å². The number of nitrogens with two attached hydrogens (primary N) is 2. The lowest BCUT2D eigenvalue weighted by molar-refractivity contribution is -0.120. The van der Waals surface area contributed by atoms with Gasteiger partial charge in [0.15, 0.2) is 0 Å². The van der Waals surface area contributed by atoms with E-state index in [1.165, 1.54) is 0 Å². The third-order valence-electron chi connectivity index (χ3n) is 1.49. The molecular formula is C7H17N3O. The number of carbonyl (C=O) groups is 1. The molecule has 4 heteroatoms. The molecule has 0 spiro atoms. The van der Waals surface area contributed by atoms with E-state index in [1.807, 2.05) is 6.92 Å². The van der Waals surface area contributed by atoms with Gasteiger partial charge in [-0.3, -0.25) is 4.79 Å². The van der Waals surface area contributed by atoms with Crippen LogP contribution in [0.1, 0.15) is 19.8 Å². The van der Waals surface area contributed by atoms with Crippen molar-refractivity contribution in [3.63, 3.8) is 0 Å². The van der Waals surface area contributed by atoms with Gasteiger partial charge in [-0.05, 0) is 25.9 Å². The topological polar surface area (TPSA) is 81.1 Å². The average molecular weight is 159 g/mol. The number of hydrogen-bond acceptors (Lipinski definition) is 3. The molecule has 0 unspecified atom stereocenters. The number of amides is 1. The zero-order valence-electron chi connectivity index (χ0n) is 6.97. The summed E-state index contributed by atoms with van der Waals surface area (Å²) in [6, 6.07) is -0.205. The van der Waals surface area contributed by atoms with Gasteiger partial charge in [0.1, 0.15) is 0 Å². The molecule has 0 fully saturated rings. The summed E-state index contributed by atoms with van der Waals surface area (Å²) < 4.78 is 0. The van der Waals surface area contributed by atoms with Crippen molar-refractivity contribution in [2.75, 3.05) is 13.1 Å². The molecule has 0 aliphatic rings. The van der Waals surface area contributed by atoms with E-state index in [2.05, 4.69) is 5.32 Å². The number of nitrogens with one attached hydrogen (secondary N) is 1. The summed E-state index contributed by atoms with van der Waals surface area (Å²) >= 11 is 0. The van der Waals surface area contributed by atoms with Crippen molar-refractivity contribution >= 4 is 5.91 Å². The van der Waals surface area contributed by atoms with Crippen LogP contribution in [0.2, 0.25) is 0 Å². The number of hydrogen-bond donors (Lipinski definition) is 3. The molecule has 1 amide bonds. The fourth-order valence-corrected chi connectivity index (χ4v) is 0.913. The molecule has 0 bridgehead atoms. The van der Waals surface area contributed by atoms with Crippen molar-refractivity contribution in [1.82, 2.24) is 5.32 Å². The summed E-state index contributed by atoms with van der Waals surface area (Å²) in [5.41, 5.74) is 10.4. The monoisotopic (exact) mass is 159 g/mol. The Morgan fingerprint density at radius 2 is 2.27 bits per heavy atom. The van der Waals surface area contributed by atoms with Crippen molar-refractivity contribution < 1.29 is 4.79 Å². The van der Waals surface area contributed by atoms with Gasteiger partial charge in [-0.2, -0.15) is 0 Å². The minimum absolute atomic E-state index is 0.205. The first-order valence-corrected chi connectivity index (χ1v) is 3.95. The highest BCUT2D eigenvalue weighted by Gasteiger charge is 2.11. The number of primary amides is 1. The number of carbonyl (C=O) groups excluding carboxylic acids is 1. The zero-order chi connectivity index (χ0) is 8.69. The van der Waals surface area contributed by atoms with Crippen LogP contribution in [-0.4, -0.2) is 25.0 Å². The van der Waals surface area contributed by atoms with Crippen LogP contribution >= 0.6 is 0 Å². The lowest BCUT2D eigenvalue weighted by Gasteiger charge is -2.12. The van der Waals surface area contributed by atoms with Gasteiger partial charge in [0.2, 0.25) is 5.91 Å². The Bertz CT molecular complexity index is 116. The maximum atomic E-state index is 10.7. The Balaban J connectivity index is 3.60. The maximum Gasteiger partial charge on any atom is 0.234 e. The summed E-state index contributed by atoms with van der Waals surface area (Å²) in [6.45, 7) is 3.31. The van der Waals surface area contributed by atoms with Gasteiger partial charge in [-0.25, -0.2) is 0 Å². The Hall–Kier alpha value is -0.610. The molecule has 11 heavy (non-hydrogen) atoms. The van der Waals surface area contributed by atoms with E-state index in [9.17, 15) is 4.79 Å². The quantitative estimate of drug-likeness (QED) is 0.474. The molecule has 5 N–H and O–H groups in total.